The summed E-state index contributed by atoms with van der Waals surface area (Å²) in [5, 5.41) is 5.95. The van der Waals surface area contributed by atoms with Crippen molar-refractivity contribution in [3.63, 3.8) is 0 Å². The van der Waals surface area contributed by atoms with Gasteiger partial charge in [0.15, 0.2) is 0 Å². The number of amides is 3. The van der Waals surface area contributed by atoms with E-state index in [9.17, 15) is 14.4 Å². The highest BCUT2D eigenvalue weighted by atomic mass is 16.5. The van der Waals surface area contributed by atoms with Gasteiger partial charge in [-0.05, 0) is 62.4 Å². The van der Waals surface area contributed by atoms with E-state index in [1.54, 1.807) is 55.5 Å². The molecule has 2 N–H and O–H groups in total. The van der Waals surface area contributed by atoms with Gasteiger partial charge in [0.2, 0.25) is 5.91 Å². The van der Waals surface area contributed by atoms with Gasteiger partial charge in [0.1, 0.15) is 17.5 Å². The second-order valence-corrected chi connectivity index (χ2v) is 8.83. The molecule has 0 spiro atoms. The molecule has 3 amide bonds. The fourth-order valence-corrected chi connectivity index (χ4v) is 4.25. The lowest BCUT2D eigenvalue weighted by molar-refractivity contribution is -0.125. The summed E-state index contributed by atoms with van der Waals surface area (Å²) >= 11 is 0. The highest BCUT2D eigenvalue weighted by Crippen LogP contribution is 2.26. The van der Waals surface area contributed by atoms with Crippen LogP contribution in [-0.2, 0) is 4.79 Å². The number of carbonyl (C=O) groups is 3. The molecule has 1 aliphatic heterocycles. The van der Waals surface area contributed by atoms with Crippen molar-refractivity contribution in [1.29, 1.82) is 0 Å². The van der Waals surface area contributed by atoms with Crippen LogP contribution in [-0.4, -0.2) is 62.0 Å². The molecule has 0 saturated carbocycles. The summed E-state index contributed by atoms with van der Waals surface area (Å²) in [7, 11) is 3.09. The van der Waals surface area contributed by atoms with Crippen LogP contribution in [0.1, 0.15) is 53.8 Å². The molecule has 8 nitrogen and oxygen atoms in total. The Bertz CT molecular complexity index is 1030. The fourth-order valence-electron chi connectivity index (χ4n) is 4.25. The predicted molar refractivity (Wildman–Crippen MR) is 134 cm³/mol. The highest BCUT2D eigenvalue weighted by Gasteiger charge is 2.35. The van der Waals surface area contributed by atoms with Gasteiger partial charge < -0.3 is 25.0 Å². The Morgan fingerprint density at radius 2 is 1.71 bits per heavy atom. The van der Waals surface area contributed by atoms with Gasteiger partial charge in [-0.3, -0.25) is 14.4 Å². The van der Waals surface area contributed by atoms with Crippen molar-refractivity contribution in [3.05, 3.63) is 59.7 Å². The van der Waals surface area contributed by atoms with Crippen LogP contribution in [0, 0.1) is 5.92 Å². The first-order valence-electron chi connectivity index (χ1n) is 12.1. The summed E-state index contributed by atoms with van der Waals surface area (Å²) in [5.41, 5.74) is 0.945. The number of likely N-dealkylation sites (tertiary alicyclic amines) is 1. The number of carbonyl (C=O) groups excluding carboxylic acids is 3. The first-order chi connectivity index (χ1) is 16.9. The van der Waals surface area contributed by atoms with Crippen molar-refractivity contribution < 1.29 is 23.9 Å². The van der Waals surface area contributed by atoms with Crippen LogP contribution in [0.25, 0.3) is 0 Å². The second kappa shape index (κ2) is 12.2. The molecule has 0 radical (unpaired) electrons. The smallest absolute Gasteiger partial charge is 0.257 e. The molecule has 1 saturated heterocycles. The van der Waals surface area contributed by atoms with Gasteiger partial charge in [0, 0.05) is 24.7 Å². The Balaban J connectivity index is 1.73. The molecule has 8 heteroatoms. The molecule has 0 unspecified atom stereocenters. The van der Waals surface area contributed by atoms with Crippen molar-refractivity contribution in [2.24, 2.45) is 5.92 Å². The van der Waals surface area contributed by atoms with Crippen molar-refractivity contribution >= 4 is 17.7 Å². The molecular formula is C27H35N3O5. The van der Waals surface area contributed by atoms with Gasteiger partial charge in [-0.2, -0.15) is 0 Å². The molecular weight excluding hydrogens is 446 g/mol. The van der Waals surface area contributed by atoms with Crippen molar-refractivity contribution in [1.82, 2.24) is 15.5 Å². The van der Waals surface area contributed by atoms with Crippen LogP contribution >= 0.6 is 0 Å². The molecule has 0 aromatic heterocycles. The van der Waals surface area contributed by atoms with Gasteiger partial charge in [-0.1, -0.05) is 25.1 Å². The zero-order chi connectivity index (χ0) is 25.4. The number of para-hydroxylation sites is 1. The molecule has 1 aliphatic rings. The van der Waals surface area contributed by atoms with Gasteiger partial charge in [-0.25, -0.2) is 0 Å². The van der Waals surface area contributed by atoms with Crippen LogP contribution in [0.4, 0.5) is 0 Å². The van der Waals surface area contributed by atoms with E-state index in [-0.39, 0.29) is 29.7 Å². The third-order valence-electron chi connectivity index (χ3n) is 6.54. The normalized spacial score (nSPS) is 15.6. The molecule has 2 aromatic carbocycles. The summed E-state index contributed by atoms with van der Waals surface area (Å²) in [4.78, 5) is 41.1. The maximum Gasteiger partial charge on any atom is 0.257 e. The maximum atomic E-state index is 13.2. The topological polar surface area (TPSA) is 97.0 Å². The minimum Gasteiger partial charge on any atom is -0.497 e. The van der Waals surface area contributed by atoms with Crippen molar-refractivity contribution in [3.8, 4) is 11.5 Å². The van der Waals surface area contributed by atoms with E-state index >= 15 is 0 Å². The summed E-state index contributed by atoms with van der Waals surface area (Å²) in [6, 6.07) is 13.3. The van der Waals surface area contributed by atoms with E-state index in [1.807, 2.05) is 26.0 Å². The summed E-state index contributed by atoms with van der Waals surface area (Å²) in [5.74, 6) is 0.375. The SMILES string of the molecule is CC[C@@H](C)NC(=O)[C@H](NC(=O)c1cccc(OC)c1)C1CCN(C(=O)c2ccccc2OC)CC1. The highest BCUT2D eigenvalue weighted by molar-refractivity contribution is 5.98. The van der Waals surface area contributed by atoms with Crippen LogP contribution in [0.5, 0.6) is 11.5 Å². The number of ether oxygens (including phenoxy) is 2. The summed E-state index contributed by atoms with van der Waals surface area (Å²) in [6.45, 7) is 4.91. The Kier molecular flexibility index (Phi) is 9.11. The lowest BCUT2D eigenvalue weighted by Gasteiger charge is -2.36. The average Bonchev–Trinajstić information content (AvgIpc) is 2.91. The molecule has 3 rings (SSSR count). The average molecular weight is 482 g/mol. The van der Waals surface area contributed by atoms with E-state index in [1.165, 1.54) is 0 Å². The van der Waals surface area contributed by atoms with E-state index in [4.69, 9.17) is 9.47 Å². The fraction of sp³-hybridized carbons (Fsp3) is 0.444. The Hall–Kier alpha value is -3.55. The van der Waals surface area contributed by atoms with E-state index < -0.39 is 6.04 Å². The quantitative estimate of drug-likeness (QED) is 0.573. The molecule has 1 heterocycles. The molecule has 0 bridgehead atoms. The van der Waals surface area contributed by atoms with Crippen LogP contribution in [0.3, 0.4) is 0 Å². The molecule has 0 aliphatic carbocycles. The van der Waals surface area contributed by atoms with E-state index in [0.29, 0.717) is 48.6 Å². The number of nitrogens with one attached hydrogen (secondary N) is 2. The third kappa shape index (κ3) is 6.53. The van der Waals surface area contributed by atoms with Gasteiger partial charge in [0.25, 0.3) is 11.8 Å². The molecule has 35 heavy (non-hydrogen) atoms. The van der Waals surface area contributed by atoms with Crippen molar-refractivity contribution in [2.45, 2.75) is 45.2 Å². The first kappa shape index (κ1) is 26.1. The second-order valence-electron chi connectivity index (χ2n) is 8.83. The Morgan fingerprint density at radius 3 is 2.37 bits per heavy atom. The van der Waals surface area contributed by atoms with Crippen molar-refractivity contribution in [2.75, 3.05) is 27.3 Å². The molecule has 188 valence electrons. The number of methoxy groups -OCH3 is 2. The largest absolute Gasteiger partial charge is 0.497 e. The molecule has 2 aromatic rings. The minimum absolute atomic E-state index is 0.00839. The lowest BCUT2D eigenvalue weighted by Crippen LogP contribution is -2.55. The standard InChI is InChI=1S/C27H35N3O5/c1-5-18(2)28-26(32)24(29-25(31)20-9-8-10-21(17-20)34-3)19-13-15-30(16-14-19)27(33)22-11-6-7-12-23(22)35-4/h6-12,17-19,24H,5,13-16H2,1-4H3,(H,28,32)(H,29,31)/t18-,24-/m1/s1. The van der Waals surface area contributed by atoms with E-state index in [0.717, 1.165) is 6.42 Å². The number of rotatable bonds is 9. The first-order valence-corrected chi connectivity index (χ1v) is 12.1. The summed E-state index contributed by atoms with van der Waals surface area (Å²) < 4.78 is 10.6. The number of benzene rings is 2. The van der Waals surface area contributed by atoms with E-state index in [2.05, 4.69) is 10.6 Å². The predicted octanol–water partition coefficient (Wildman–Crippen LogP) is 3.27. The maximum absolute atomic E-state index is 13.2. The summed E-state index contributed by atoms with van der Waals surface area (Å²) in [6.07, 6.45) is 1.98. The molecule has 2 atom stereocenters. The number of hydrogen-bond acceptors (Lipinski definition) is 5. The van der Waals surface area contributed by atoms with Gasteiger partial charge in [0.05, 0.1) is 19.8 Å². The van der Waals surface area contributed by atoms with Gasteiger partial charge >= 0.3 is 0 Å². The lowest BCUT2D eigenvalue weighted by atomic mass is 9.88. The number of nitrogens with zero attached hydrogens (tertiary/aromatic N) is 1. The van der Waals surface area contributed by atoms with Crippen LogP contribution in [0.2, 0.25) is 0 Å². The minimum atomic E-state index is -0.703. The Morgan fingerprint density at radius 1 is 1.00 bits per heavy atom. The monoisotopic (exact) mass is 481 g/mol. The number of hydrogen-bond donors (Lipinski definition) is 2. The third-order valence-corrected chi connectivity index (χ3v) is 6.54. The molecule has 1 fully saturated rings. The Labute approximate surface area is 207 Å². The van der Waals surface area contributed by atoms with Gasteiger partial charge in [-0.15, -0.1) is 0 Å². The zero-order valence-electron chi connectivity index (χ0n) is 20.9. The van der Waals surface area contributed by atoms with Crippen LogP contribution < -0.4 is 20.1 Å². The van der Waals surface area contributed by atoms with Crippen LogP contribution in [0.15, 0.2) is 48.5 Å². The zero-order valence-corrected chi connectivity index (χ0v) is 20.9. The number of piperidine rings is 1.